The minimum Gasteiger partial charge on any atom is -0.290 e. The molecule has 128 heavy (non-hydrogen) atoms. The van der Waals surface area contributed by atoms with E-state index in [2.05, 4.69) is 407 Å². The van der Waals surface area contributed by atoms with Crippen molar-refractivity contribution in [2.24, 2.45) is 0 Å². The maximum atomic E-state index is 5.65. The molecule has 0 N–H and O–H groups in total. The molecule has 0 radical (unpaired) electrons. The summed E-state index contributed by atoms with van der Waals surface area (Å²) < 4.78 is 9.36. The number of nitrogens with zero attached hydrogens (tertiary/aromatic N) is 12. The summed E-state index contributed by atoms with van der Waals surface area (Å²) in [6, 6.07) is 153. The lowest BCUT2D eigenvalue weighted by Gasteiger charge is -2.17. The van der Waals surface area contributed by atoms with E-state index in [1.807, 2.05) is 48.5 Å². The Morgan fingerprint density at radius 2 is 0.305 bits per heavy atom. The summed E-state index contributed by atoms with van der Waals surface area (Å²) >= 11 is 0. The van der Waals surface area contributed by atoms with Crippen LogP contribution in [0, 0.1) is 0 Å². The standard InChI is InChI=1S/2C58H36N6/c1-5-17-37(18-6-1)41-29-33-47-49(35-41)59-53(39-21-9-3-10-22-39)57(61-47)63-51-27-15-13-25-43(51)45-31-32-46-44-26-14-16-28-52(44)64(56(46)55(45)63)58-54(40-23-11-4-12-24-40)60-50-36-42(30-34-48(50)62-58)38-19-7-2-8-20-38;1-5-17-37(18-6-1)41-29-33-47-49(35-41)61-57(53(59-47)39-21-9-3-10-22-39)63-51-27-15-13-25-43(51)45-31-32-46-44-26-14-16-28-52(44)64(56(46)55(45)63)58-54(40-23-11-4-12-24-40)60-48-34-30-42(36-50(48)62-58)38-19-7-2-8-20-38/h2*1-36H. The Balaban J connectivity index is 0.000000139. The zero-order valence-corrected chi connectivity index (χ0v) is 68.9. The van der Waals surface area contributed by atoms with Crippen LogP contribution < -0.4 is 0 Å². The molecule has 12 heteroatoms. The summed E-state index contributed by atoms with van der Waals surface area (Å²) in [5.41, 5.74) is 30.8. The van der Waals surface area contributed by atoms with Gasteiger partial charge in [-0.1, -0.05) is 364 Å². The Bertz CT molecular complexity index is 8390. The molecule has 26 rings (SSSR count). The van der Waals surface area contributed by atoms with Crippen molar-refractivity contribution in [1.82, 2.24) is 58.1 Å². The Morgan fingerprint density at radius 3 is 0.539 bits per heavy atom. The number of hydrogen-bond acceptors (Lipinski definition) is 8. The first-order chi connectivity index (χ1) is 63.5. The van der Waals surface area contributed by atoms with Crippen molar-refractivity contribution in [3.05, 3.63) is 437 Å². The van der Waals surface area contributed by atoms with Crippen LogP contribution in [0.5, 0.6) is 0 Å². The van der Waals surface area contributed by atoms with Crippen LogP contribution >= 0.6 is 0 Å². The van der Waals surface area contributed by atoms with Gasteiger partial charge in [0.1, 0.15) is 22.8 Å². The molecule has 0 saturated heterocycles. The number of benzene rings is 18. The Morgan fingerprint density at radius 1 is 0.125 bits per heavy atom. The van der Waals surface area contributed by atoms with Crippen LogP contribution in [0.3, 0.4) is 0 Å². The zero-order chi connectivity index (χ0) is 84.3. The van der Waals surface area contributed by atoms with Gasteiger partial charge in [0.2, 0.25) is 0 Å². The molecule has 0 atom stereocenters. The summed E-state index contributed by atoms with van der Waals surface area (Å²) in [6.07, 6.45) is 0. The van der Waals surface area contributed by atoms with Gasteiger partial charge in [0.05, 0.1) is 88.3 Å². The Kier molecular flexibility index (Phi) is 17.3. The predicted molar refractivity (Wildman–Crippen MR) is 526 cm³/mol. The molecular formula is C116H72N12. The summed E-state index contributed by atoms with van der Waals surface area (Å²) in [7, 11) is 0. The van der Waals surface area contributed by atoms with Crippen molar-refractivity contribution in [1.29, 1.82) is 0 Å². The van der Waals surface area contributed by atoms with E-state index in [-0.39, 0.29) is 0 Å². The van der Waals surface area contributed by atoms with Gasteiger partial charge >= 0.3 is 0 Å². The molecule has 596 valence electrons. The third kappa shape index (κ3) is 12.2. The fourth-order valence-corrected chi connectivity index (χ4v) is 19.1. The Labute approximate surface area is 734 Å². The lowest BCUT2D eigenvalue weighted by atomic mass is 10.0. The number of rotatable bonds is 12. The molecule has 0 aliphatic heterocycles. The molecule has 12 nitrogen and oxygen atoms in total. The fraction of sp³-hybridized carbons (Fsp3) is 0. The normalized spacial score (nSPS) is 11.8. The van der Waals surface area contributed by atoms with E-state index < -0.39 is 0 Å². The van der Waals surface area contributed by atoms with Crippen molar-refractivity contribution in [3.63, 3.8) is 0 Å². The molecule has 0 unspecified atom stereocenters. The highest BCUT2D eigenvalue weighted by molar-refractivity contribution is 6.26. The third-order valence-electron chi connectivity index (χ3n) is 25.0. The highest BCUT2D eigenvalue weighted by atomic mass is 15.2. The van der Waals surface area contributed by atoms with Gasteiger partial charge in [-0.3, -0.25) is 18.3 Å². The van der Waals surface area contributed by atoms with Crippen LogP contribution in [0.1, 0.15) is 0 Å². The molecule has 0 spiro atoms. The van der Waals surface area contributed by atoms with Crippen molar-refractivity contribution in [3.8, 4) is 113 Å². The monoisotopic (exact) mass is 1630 g/mol. The van der Waals surface area contributed by atoms with Crippen LogP contribution in [0.15, 0.2) is 437 Å². The molecule has 8 aromatic heterocycles. The molecule has 0 aliphatic rings. The maximum absolute atomic E-state index is 5.65. The van der Waals surface area contributed by atoms with E-state index >= 15 is 0 Å². The van der Waals surface area contributed by atoms with Crippen molar-refractivity contribution < 1.29 is 0 Å². The SMILES string of the molecule is c1ccc(-c2ccc3nc(-c4ccccc4)c(-n4c5ccccc5c5ccc6c7ccccc7n(-c7nc8cc(-c9ccccc9)ccc8nc7-c7ccccc7)c6c54)nc3c2)cc1.c1ccc(-c2ccc3nc(-n4c5ccccc5c5ccc6c7ccccc7n(-c7nc8ccc(-c9ccccc9)cc8nc7-c7ccccc7)c6c54)c(-c4ccccc4)nc3c2)cc1. The first-order valence-corrected chi connectivity index (χ1v) is 43.1. The van der Waals surface area contributed by atoms with E-state index in [9.17, 15) is 0 Å². The van der Waals surface area contributed by atoms with E-state index in [1.54, 1.807) is 0 Å². The van der Waals surface area contributed by atoms with E-state index in [1.165, 1.54) is 0 Å². The van der Waals surface area contributed by atoms with Gasteiger partial charge in [-0.25, -0.2) is 39.9 Å². The van der Waals surface area contributed by atoms with Gasteiger partial charge < -0.3 is 0 Å². The summed E-state index contributed by atoms with van der Waals surface area (Å²) in [6.45, 7) is 0. The summed E-state index contributed by atoms with van der Waals surface area (Å²) in [5.74, 6) is 3.01. The maximum Gasteiger partial charge on any atom is 0.165 e. The first kappa shape index (κ1) is 73.3. The van der Waals surface area contributed by atoms with Crippen LogP contribution in [0.25, 0.3) is 244 Å². The molecule has 26 aromatic rings. The van der Waals surface area contributed by atoms with E-state index in [4.69, 9.17) is 39.9 Å². The van der Waals surface area contributed by atoms with Crippen LogP contribution in [-0.2, 0) is 0 Å². The van der Waals surface area contributed by atoms with Crippen molar-refractivity contribution in [2.75, 3.05) is 0 Å². The molecule has 0 amide bonds. The van der Waals surface area contributed by atoms with Crippen LogP contribution in [-0.4, -0.2) is 58.1 Å². The van der Waals surface area contributed by atoms with Crippen molar-refractivity contribution in [2.45, 2.75) is 0 Å². The smallest absolute Gasteiger partial charge is 0.165 e. The average Bonchev–Trinajstić information content (AvgIpc) is 1.54. The van der Waals surface area contributed by atoms with Gasteiger partial charge in [-0.15, -0.1) is 0 Å². The van der Waals surface area contributed by atoms with E-state index in [0.717, 1.165) is 244 Å². The van der Waals surface area contributed by atoms with Gasteiger partial charge in [0, 0.05) is 65.3 Å². The number of fused-ring (bicyclic) bond motifs is 18. The second kappa shape index (κ2) is 30.2. The quantitative estimate of drug-likeness (QED) is 0.119. The number of hydrogen-bond donors (Lipinski definition) is 0. The van der Waals surface area contributed by atoms with Crippen molar-refractivity contribution >= 4 is 131 Å². The van der Waals surface area contributed by atoms with Gasteiger partial charge in [-0.05, 0) is 117 Å². The first-order valence-electron chi connectivity index (χ1n) is 43.1. The molecule has 8 heterocycles. The number of para-hydroxylation sites is 4. The molecule has 0 bridgehead atoms. The zero-order valence-electron chi connectivity index (χ0n) is 68.9. The topological polar surface area (TPSA) is 123 Å². The lowest BCUT2D eigenvalue weighted by molar-refractivity contribution is 1.06. The largest absolute Gasteiger partial charge is 0.290 e. The second-order valence-corrected chi connectivity index (χ2v) is 32.5. The van der Waals surface area contributed by atoms with Gasteiger partial charge in [0.15, 0.2) is 23.3 Å². The molecular weight excluding hydrogens is 1560 g/mol. The van der Waals surface area contributed by atoms with Crippen LogP contribution in [0.2, 0.25) is 0 Å². The molecule has 18 aromatic carbocycles. The lowest BCUT2D eigenvalue weighted by Crippen LogP contribution is -2.07. The number of aromatic nitrogens is 12. The van der Waals surface area contributed by atoms with Gasteiger partial charge in [-0.2, -0.15) is 0 Å². The summed E-state index contributed by atoms with van der Waals surface area (Å²) in [5, 5.41) is 8.91. The highest BCUT2D eigenvalue weighted by Crippen LogP contribution is 2.48. The van der Waals surface area contributed by atoms with Gasteiger partial charge in [0.25, 0.3) is 0 Å². The molecule has 0 aliphatic carbocycles. The molecule has 0 saturated carbocycles. The minimum atomic E-state index is 0.750. The highest BCUT2D eigenvalue weighted by Gasteiger charge is 2.30. The third-order valence-corrected chi connectivity index (χ3v) is 25.0. The van der Waals surface area contributed by atoms with E-state index in [0.29, 0.717) is 0 Å². The second-order valence-electron chi connectivity index (χ2n) is 32.5. The average molecular weight is 1630 g/mol. The summed E-state index contributed by atoms with van der Waals surface area (Å²) in [4.78, 5) is 44.4. The predicted octanol–water partition coefficient (Wildman–Crippen LogP) is 28.9. The van der Waals surface area contributed by atoms with Crippen LogP contribution in [0.4, 0.5) is 0 Å². The fourth-order valence-electron chi connectivity index (χ4n) is 19.1. The Hall–Kier alpha value is -17.5. The minimum absolute atomic E-state index is 0.750. The molecule has 0 fully saturated rings.